The first-order valence-electron chi connectivity index (χ1n) is 10.8. The number of ether oxygens (including phenoxy) is 1. The van der Waals surface area contributed by atoms with Crippen LogP contribution in [0.1, 0.15) is 24.3 Å². The molecule has 0 spiro atoms. The summed E-state index contributed by atoms with van der Waals surface area (Å²) in [5.74, 6) is 1.64. The van der Waals surface area contributed by atoms with Crippen LogP contribution in [0.5, 0.6) is 11.5 Å². The standard InChI is InChI=1S/C26H26N4O2S/c1-19(2)17-30(21-9-5-3-6-10-21)26-27-24(18-33-26)25(31)29-28-20-13-15-23(16-14-20)32-22-11-7-4-8-12-22/h3-16,18-19,28H,17H2,1-2H3,(H,29,31). The molecule has 1 amide bonds. The number of hydrogen-bond acceptors (Lipinski definition) is 6. The zero-order valence-corrected chi connectivity index (χ0v) is 19.4. The van der Waals surface area contributed by atoms with Gasteiger partial charge in [0.25, 0.3) is 5.91 Å². The number of amides is 1. The number of aromatic nitrogens is 1. The summed E-state index contributed by atoms with van der Waals surface area (Å²) in [6.07, 6.45) is 0. The normalized spacial score (nSPS) is 10.6. The molecular formula is C26H26N4O2S. The molecule has 168 valence electrons. The van der Waals surface area contributed by atoms with Crippen molar-refractivity contribution in [1.29, 1.82) is 0 Å². The predicted molar refractivity (Wildman–Crippen MR) is 134 cm³/mol. The van der Waals surface area contributed by atoms with Gasteiger partial charge in [0, 0.05) is 17.6 Å². The van der Waals surface area contributed by atoms with Crippen LogP contribution in [0.3, 0.4) is 0 Å². The third-order valence-corrected chi connectivity index (χ3v) is 5.59. The first-order chi connectivity index (χ1) is 16.1. The van der Waals surface area contributed by atoms with Crippen molar-refractivity contribution in [3.05, 3.63) is 96.0 Å². The van der Waals surface area contributed by atoms with Gasteiger partial charge in [0.1, 0.15) is 17.2 Å². The molecule has 0 bridgehead atoms. The lowest BCUT2D eigenvalue weighted by Crippen LogP contribution is -2.29. The predicted octanol–water partition coefficient (Wildman–Crippen LogP) is 6.49. The zero-order valence-electron chi connectivity index (χ0n) is 18.6. The summed E-state index contributed by atoms with van der Waals surface area (Å²) in [4.78, 5) is 19.4. The average molecular weight is 459 g/mol. The van der Waals surface area contributed by atoms with Crippen molar-refractivity contribution in [2.45, 2.75) is 13.8 Å². The summed E-state index contributed by atoms with van der Waals surface area (Å²) in [6, 6.07) is 27.0. The highest BCUT2D eigenvalue weighted by Gasteiger charge is 2.17. The maximum atomic E-state index is 12.6. The average Bonchev–Trinajstić information content (AvgIpc) is 3.33. The van der Waals surface area contributed by atoms with Crippen LogP contribution in [0.25, 0.3) is 0 Å². The summed E-state index contributed by atoms with van der Waals surface area (Å²) < 4.78 is 5.79. The molecule has 0 saturated heterocycles. The second-order valence-corrected chi connectivity index (χ2v) is 8.71. The van der Waals surface area contributed by atoms with Crippen molar-refractivity contribution in [2.24, 2.45) is 5.92 Å². The number of nitrogens with one attached hydrogen (secondary N) is 2. The number of nitrogens with zero attached hydrogens (tertiary/aromatic N) is 2. The van der Waals surface area contributed by atoms with Gasteiger partial charge >= 0.3 is 0 Å². The van der Waals surface area contributed by atoms with Crippen LogP contribution in [-0.2, 0) is 0 Å². The molecule has 0 aliphatic heterocycles. The van der Waals surface area contributed by atoms with E-state index in [0.29, 0.717) is 17.4 Å². The van der Waals surface area contributed by atoms with Gasteiger partial charge in [-0.3, -0.25) is 15.6 Å². The maximum absolute atomic E-state index is 12.6. The summed E-state index contributed by atoms with van der Waals surface area (Å²) in [7, 11) is 0. The lowest BCUT2D eigenvalue weighted by atomic mass is 10.2. The lowest BCUT2D eigenvalue weighted by Gasteiger charge is -2.23. The van der Waals surface area contributed by atoms with Gasteiger partial charge in [0.2, 0.25) is 0 Å². The van der Waals surface area contributed by atoms with Gasteiger partial charge in [-0.05, 0) is 54.4 Å². The Morgan fingerprint density at radius 2 is 1.58 bits per heavy atom. The van der Waals surface area contributed by atoms with Gasteiger partial charge in [0.15, 0.2) is 5.13 Å². The van der Waals surface area contributed by atoms with E-state index in [1.54, 1.807) is 5.38 Å². The molecular weight excluding hydrogens is 432 g/mol. The number of hydrogen-bond donors (Lipinski definition) is 2. The first-order valence-corrected chi connectivity index (χ1v) is 11.6. The first kappa shape index (κ1) is 22.4. The number of para-hydroxylation sites is 2. The number of rotatable bonds is 9. The minimum atomic E-state index is -0.292. The molecule has 6 nitrogen and oxygen atoms in total. The Bertz CT molecular complexity index is 1160. The molecule has 0 saturated carbocycles. The molecule has 1 aromatic heterocycles. The fraction of sp³-hybridized carbons (Fsp3) is 0.154. The van der Waals surface area contributed by atoms with Gasteiger partial charge in [0.05, 0.1) is 5.69 Å². The van der Waals surface area contributed by atoms with E-state index in [0.717, 1.165) is 28.8 Å². The number of hydrazine groups is 1. The SMILES string of the molecule is CC(C)CN(c1ccccc1)c1nc(C(=O)NNc2ccc(Oc3ccccc3)cc2)cs1. The summed E-state index contributed by atoms with van der Waals surface area (Å²) in [5, 5.41) is 2.57. The molecule has 4 rings (SSSR count). The van der Waals surface area contributed by atoms with E-state index < -0.39 is 0 Å². The minimum absolute atomic E-state index is 0.292. The lowest BCUT2D eigenvalue weighted by molar-refractivity contribution is 0.0958. The highest BCUT2D eigenvalue weighted by atomic mass is 32.1. The molecule has 0 radical (unpaired) electrons. The molecule has 4 aromatic rings. The van der Waals surface area contributed by atoms with E-state index in [4.69, 9.17) is 4.74 Å². The van der Waals surface area contributed by atoms with Crippen LogP contribution in [0.15, 0.2) is 90.3 Å². The van der Waals surface area contributed by atoms with Crippen LogP contribution in [0.2, 0.25) is 0 Å². The number of thiazole rings is 1. The fourth-order valence-corrected chi connectivity index (χ4v) is 4.02. The van der Waals surface area contributed by atoms with Crippen molar-refractivity contribution in [3.63, 3.8) is 0 Å². The minimum Gasteiger partial charge on any atom is -0.457 e. The highest BCUT2D eigenvalue weighted by molar-refractivity contribution is 7.14. The van der Waals surface area contributed by atoms with Crippen molar-refractivity contribution >= 4 is 33.8 Å². The van der Waals surface area contributed by atoms with Crippen LogP contribution in [0.4, 0.5) is 16.5 Å². The zero-order chi connectivity index (χ0) is 23.0. The van der Waals surface area contributed by atoms with Gasteiger partial charge in [-0.15, -0.1) is 11.3 Å². The summed E-state index contributed by atoms with van der Waals surface area (Å²) in [6.45, 7) is 5.14. The Balaban J connectivity index is 1.37. The van der Waals surface area contributed by atoms with Gasteiger partial charge in [-0.25, -0.2) is 4.98 Å². The Morgan fingerprint density at radius 1 is 0.939 bits per heavy atom. The van der Waals surface area contributed by atoms with Gasteiger partial charge < -0.3 is 9.64 Å². The van der Waals surface area contributed by atoms with E-state index in [1.807, 2.05) is 72.8 Å². The summed E-state index contributed by atoms with van der Waals surface area (Å²) >= 11 is 1.46. The van der Waals surface area contributed by atoms with E-state index >= 15 is 0 Å². The molecule has 0 aliphatic carbocycles. The molecule has 33 heavy (non-hydrogen) atoms. The molecule has 0 unspecified atom stereocenters. The molecule has 1 heterocycles. The number of carbonyl (C=O) groups excluding carboxylic acids is 1. The summed E-state index contributed by atoms with van der Waals surface area (Å²) in [5.41, 5.74) is 7.82. The molecule has 3 aromatic carbocycles. The van der Waals surface area contributed by atoms with Crippen LogP contribution >= 0.6 is 11.3 Å². The van der Waals surface area contributed by atoms with Gasteiger partial charge in [-0.2, -0.15) is 0 Å². The second kappa shape index (κ2) is 10.7. The monoisotopic (exact) mass is 458 g/mol. The van der Waals surface area contributed by atoms with E-state index in [9.17, 15) is 4.79 Å². The van der Waals surface area contributed by atoms with E-state index in [-0.39, 0.29) is 5.91 Å². The van der Waals surface area contributed by atoms with Crippen molar-refractivity contribution in [2.75, 3.05) is 16.9 Å². The van der Waals surface area contributed by atoms with E-state index in [1.165, 1.54) is 11.3 Å². The third kappa shape index (κ3) is 6.11. The second-order valence-electron chi connectivity index (χ2n) is 7.87. The third-order valence-electron chi connectivity index (χ3n) is 4.72. The van der Waals surface area contributed by atoms with E-state index in [2.05, 4.69) is 46.7 Å². The maximum Gasteiger partial charge on any atom is 0.289 e. The van der Waals surface area contributed by atoms with Crippen LogP contribution < -0.4 is 20.5 Å². The smallest absolute Gasteiger partial charge is 0.289 e. The highest BCUT2D eigenvalue weighted by Crippen LogP contribution is 2.29. The Morgan fingerprint density at radius 3 is 2.24 bits per heavy atom. The largest absolute Gasteiger partial charge is 0.457 e. The van der Waals surface area contributed by atoms with Crippen LogP contribution in [0, 0.1) is 5.92 Å². The Kier molecular flexibility index (Phi) is 7.22. The Hall–Kier alpha value is -3.84. The fourth-order valence-electron chi connectivity index (χ4n) is 3.18. The number of carbonyl (C=O) groups is 1. The molecule has 0 fully saturated rings. The number of benzene rings is 3. The van der Waals surface area contributed by atoms with Gasteiger partial charge in [-0.1, -0.05) is 50.2 Å². The topological polar surface area (TPSA) is 66.5 Å². The van der Waals surface area contributed by atoms with Crippen molar-refractivity contribution in [3.8, 4) is 11.5 Å². The van der Waals surface area contributed by atoms with Crippen LogP contribution in [-0.4, -0.2) is 17.4 Å². The molecule has 2 N–H and O–H groups in total. The number of anilines is 3. The molecule has 0 aliphatic rings. The molecule has 7 heteroatoms. The quantitative estimate of drug-likeness (QED) is 0.281. The Labute approximate surface area is 197 Å². The van der Waals surface area contributed by atoms with Crippen molar-refractivity contribution < 1.29 is 9.53 Å². The molecule has 0 atom stereocenters. The van der Waals surface area contributed by atoms with Crippen molar-refractivity contribution in [1.82, 2.24) is 10.4 Å².